The number of carboxylic acid groups (broad SMARTS) is 1. The third-order valence-corrected chi connectivity index (χ3v) is 3.28. The van der Waals surface area contributed by atoms with Crippen LogP contribution >= 0.6 is 0 Å². The Morgan fingerprint density at radius 1 is 1.05 bits per heavy atom. The normalized spacial score (nSPS) is 11.4. The van der Waals surface area contributed by atoms with Crippen molar-refractivity contribution < 1.29 is 14.3 Å². The zero-order chi connectivity index (χ0) is 14.9. The molecule has 0 aliphatic heterocycles. The maximum Gasteiger partial charge on any atom is 0.335 e. The van der Waals surface area contributed by atoms with Gasteiger partial charge in [-0.1, -0.05) is 51.1 Å². The van der Waals surface area contributed by atoms with Gasteiger partial charge in [0.2, 0.25) is 0 Å². The zero-order valence-corrected chi connectivity index (χ0v) is 11.8. The highest BCUT2D eigenvalue weighted by Crippen LogP contribution is 2.28. The molecule has 0 spiro atoms. The summed E-state index contributed by atoms with van der Waals surface area (Å²) in [4.78, 5) is 10.8. The van der Waals surface area contributed by atoms with E-state index >= 15 is 0 Å². The number of benzene rings is 2. The highest BCUT2D eigenvalue weighted by Gasteiger charge is 2.14. The predicted molar refractivity (Wildman–Crippen MR) is 77.5 cm³/mol. The van der Waals surface area contributed by atoms with Crippen LogP contribution in [0.3, 0.4) is 0 Å². The number of hydrogen-bond acceptors (Lipinski definition) is 1. The Hall–Kier alpha value is -2.16. The van der Waals surface area contributed by atoms with Gasteiger partial charge in [-0.05, 0) is 28.7 Å². The molecule has 2 aromatic carbocycles. The smallest absolute Gasteiger partial charge is 0.335 e. The SMILES string of the molecule is CC(C)(C)c1ccc(-c2ccc(C(=O)O)cc2F)cc1. The summed E-state index contributed by atoms with van der Waals surface area (Å²) >= 11 is 0. The molecule has 0 heterocycles. The number of halogens is 1. The van der Waals surface area contributed by atoms with Crippen LogP contribution in [-0.2, 0) is 5.41 Å². The summed E-state index contributed by atoms with van der Waals surface area (Å²) in [7, 11) is 0. The zero-order valence-electron chi connectivity index (χ0n) is 11.8. The molecule has 0 unspecified atom stereocenters. The van der Waals surface area contributed by atoms with Crippen LogP contribution in [0.15, 0.2) is 42.5 Å². The van der Waals surface area contributed by atoms with Gasteiger partial charge in [-0.3, -0.25) is 0 Å². The molecule has 2 rings (SSSR count). The van der Waals surface area contributed by atoms with Gasteiger partial charge in [-0.25, -0.2) is 9.18 Å². The van der Waals surface area contributed by atoms with Crippen LogP contribution in [0.1, 0.15) is 36.7 Å². The fraction of sp³-hybridized carbons (Fsp3) is 0.235. The summed E-state index contributed by atoms with van der Waals surface area (Å²) in [6, 6.07) is 11.6. The standard InChI is InChI=1S/C17H17FO2/c1-17(2,3)13-7-4-11(5-8-13)14-9-6-12(16(19)20)10-15(14)18/h4-10H,1-3H3,(H,19,20). The molecule has 0 fully saturated rings. The third-order valence-electron chi connectivity index (χ3n) is 3.28. The van der Waals surface area contributed by atoms with Gasteiger partial charge >= 0.3 is 5.97 Å². The lowest BCUT2D eigenvalue weighted by atomic mass is 9.86. The second-order valence-corrected chi connectivity index (χ2v) is 5.83. The summed E-state index contributed by atoms with van der Waals surface area (Å²) in [6.07, 6.45) is 0. The van der Waals surface area contributed by atoms with Crippen molar-refractivity contribution in [1.29, 1.82) is 0 Å². The highest BCUT2D eigenvalue weighted by atomic mass is 19.1. The van der Waals surface area contributed by atoms with Gasteiger partial charge in [0, 0.05) is 5.56 Å². The molecule has 0 bridgehead atoms. The molecule has 2 nitrogen and oxygen atoms in total. The van der Waals surface area contributed by atoms with E-state index in [2.05, 4.69) is 20.8 Å². The number of hydrogen-bond donors (Lipinski definition) is 1. The first kappa shape index (κ1) is 14.3. The summed E-state index contributed by atoms with van der Waals surface area (Å²) in [5, 5.41) is 8.83. The largest absolute Gasteiger partial charge is 0.478 e. The van der Waals surface area contributed by atoms with E-state index in [-0.39, 0.29) is 11.0 Å². The van der Waals surface area contributed by atoms with E-state index in [0.29, 0.717) is 5.56 Å². The van der Waals surface area contributed by atoms with Crippen molar-refractivity contribution in [2.24, 2.45) is 0 Å². The average molecular weight is 272 g/mol. The van der Waals surface area contributed by atoms with E-state index < -0.39 is 11.8 Å². The topological polar surface area (TPSA) is 37.3 Å². The van der Waals surface area contributed by atoms with Crippen molar-refractivity contribution in [3.8, 4) is 11.1 Å². The van der Waals surface area contributed by atoms with Gasteiger partial charge in [0.25, 0.3) is 0 Å². The fourth-order valence-corrected chi connectivity index (χ4v) is 2.03. The highest BCUT2D eigenvalue weighted by molar-refractivity contribution is 5.88. The van der Waals surface area contributed by atoms with Crippen LogP contribution < -0.4 is 0 Å². The van der Waals surface area contributed by atoms with Crippen molar-refractivity contribution in [1.82, 2.24) is 0 Å². The van der Waals surface area contributed by atoms with E-state index in [1.54, 1.807) is 0 Å². The number of carbonyl (C=O) groups is 1. The lowest BCUT2D eigenvalue weighted by Gasteiger charge is -2.19. The molecule has 3 heteroatoms. The van der Waals surface area contributed by atoms with Crippen LogP contribution in [0.5, 0.6) is 0 Å². The van der Waals surface area contributed by atoms with Crippen molar-refractivity contribution in [3.05, 3.63) is 59.4 Å². The van der Waals surface area contributed by atoms with Crippen LogP contribution in [0.25, 0.3) is 11.1 Å². The number of carboxylic acids is 1. The number of aromatic carboxylic acids is 1. The van der Waals surface area contributed by atoms with Crippen LogP contribution in [0, 0.1) is 5.82 Å². The summed E-state index contributed by atoms with van der Waals surface area (Å²) < 4.78 is 14.0. The van der Waals surface area contributed by atoms with Crippen LogP contribution in [-0.4, -0.2) is 11.1 Å². The van der Waals surface area contributed by atoms with Crippen molar-refractivity contribution in [2.45, 2.75) is 26.2 Å². The minimum Gasteiger partial charge on any atom is -0.478 e. The monoisotopic (exact) mass is 272 g/mol. The molecule has 0 saturated heterocycles. The van der Waals surface area contributed by atoms with E-state index in [4.69, 9.17) is 5.11 Å². The maximum absolute atomic E-state index is 14.0. The molecule has 0 amide bonds. The minimum absolute atomic E-state index is 0.0439. The van der Waals surface area contributed by atoms with Gasteiger partial charge in [0.15, 0.2) is 0 Å². The van der Waals surface area contributed by atoms with Gasteiger partial charge in [0.05, 0.1) is 5.56 Å². The third kappa shape index (κ3) is 2.87. The molecule has 2 aromatic rings. The lowest BCUT2D eigenvalue weighted by Crippen LogP contribution is -2.10. The molecular weight excluding hydrogens is 255 g/mol. The Morgan fingerprint density at radius 2 is 1.65 bits per heavy atom. The van der Waals surface area contributed by atoms with E-state index in [1.807, 2.05) is 24.3 Å². The van der Waals surface area contributed by atoms with Gasteiger partial charge in [0.1, 0.15) is 5.82 Å². The summed E-state index contributed by atoms with van der Waals surface area (Å²) in [6.45, 7) is 6.35. The molecule has 0 radical (unpaired) electrons. The molecule has 0 aromatic heterocycles. The Balaban J connectivity index is 2.40. The predicted octanol–water partition coefficient (Wildman–Crippen LogP) is 4.49. The second kappa shape index (κ2) is 5.08. The Morgan fingerprint density at radius 3 is 2.10 bits per heavy atom. The first-order valence-electron chi connectivity index (χ1n) is 6.43. The van der Waals surface area contributed by atoms with Crippen LogP contribution in [0.2, 0.25) is 0 Å². The van der Waals surface area contributed by atoms with Crippen molar-refractivity contribution in [2.75, 3.05) is 0 Å². The van der Waals surface area contributed by atoms with E-state index in [0.717, 1.165) is 11.6 Å². The molecule has 104 valence electrons. The minimum atomic E-state index is -1.13. The van der Waals surface area contributed by atoms with Gasteiger partial charge < -0.3 is 5.11 Å². The lowest BCUT2D eigenvalue weighted by molar-refractivity contribution is 0.0696. The van der Waals surface area contributed by atoms with E-state index in [1.165, 1.54) is 17.7 Å². The molecule has 0 aliphatic carbocycles. The van der Waals surface area contributed by atoms with Crippen molar-refractivity contribution >= 4 is 5.97 Å². The fourth-order valence-electron chi connectivity index (χ4n) is 2.03. The first-order chi connectivity index (χ1) is 9.29. The number of rotatable bonds is 2. The Bertz CT molecular complexity index is 637. The Labute approximate surface area is 117 Å². The summed E-state index contributed by atoms with van der Waals surface area (Å²) in [5.41, 5.74) is 2.33. The molecular formula is C17H17FO2. The quantitative estimate of drug-likeness (QED) is 0.874. The Kier molecular flexibility index (Phi) is 3.62. The molecule has 1 N–H and O–H groups in total. The van der Waals surface area contributed by atoms with Crippen molar-refractivity contribution in [3.63, 3.8) is 0 Å². The summed E-state index contributed by atoms with van der Waals surface area (Å²) in [5.74, 6) is -1.65. The van der Waals surface area contributed by atoms with Gasteiger partial charge in [-0.15, -0.1) is 0 Å². The van der Waals surface area contributed by atoms with Crippen LogP contribution in [0.4, 0.5) is 4.39 Å². The average Bonchev–Trinajstić information content (AvgIpc) is 2.37. The first-order valence-corrected chi connectivity index (χ1v) is 6.43. The maximum atomic E-state index is 14.0. The molecule has 0 atom stereocenters. The molecule has 0 saturated carbocycles. The molecule has 20 heavy (non-hydrogen) atoms. The van der Waals surface area contributed by atoms with Gasteiger partial charge in [-0.2, -0.15) is 0 Å². The second-order valence-electron chi connectivity index (χ2n) is 5.83. The molecule has 0 aliphatic rings. The van der Waals surface area contributed by atoms with E-state index in [9.17, 15) is 9.18 Å².